The first kappa shape index (κ1) is 21.1. The molecule has 0 saturated carbocycles. The highest BCUT2D eigenvalue weighted by atomic mass is 32.1. The van der Waals surface area contributed by atoms with E-state index in [1.807, 2.05) is 36.4 Å². The number of hydrogen-bond donors (Lipinski definition) is 0. The Kier molecular flexibility index (Phi) is 5.47. The van der Waals surface area contributed by atoms with E-state index in [1.54, 1.807) is 11.3 Å². The van der Waals surface area contributed by atoms with Crippen LogP contribution in [0.5, 0.6) is 0 Å². The van der Waals surface area contributed by atoms with Crippen LogP contribution in [-0.2, 0) is 0 Å². The Hall–Kier alpha value is -4.45. The fourth-order valence-corrected chi connectivity index (χ4v) is 6.05. The number of nitrogens with zero attached hydrogens (tertiary/aromatic N) is 1. The van der Waals surface area contributed by atoms with Crippen LogP contribution < -0.4 is 0 Å². The summed E-state index contributed by atoms with van der Waals surface area (Å²) in [6.45, 7) is 0. The Labute approximate surface area is 209 Å². The summed E-state index contributed by atoms with van der Waals surface area (Å²) in [7, 11) is 0. The fourth-order valence-electron chi connectivity index (χ4n) is 4.70. The van der Waals surface area contributed by atoms with Gasteiger partial charge in [0.15, 0.2) is 0 Å². The number of benzene rings is 5. The molecule has 0 fully saturated rings. The van der Waals surface area contributed by atoms with Crippen molar-refractivity contribution in [3.63, 3.8) is 0 Å². The molecule has 1 aromatic heterocycles. The topological polar surface area (TPSA) is 23.8 Å². The molecule has 0 aliphatic heterocycles. The highest BCUT2D eigenvalue weighted by molar-refractivity contribution is 7.21. The molecule has 0 spiro atoms. The van der Waals surface area contributed by atoms with Gasteiger partial charge in [0.25, 0.3) is 0 Å². The quantitative estimate of drug-likeness (QED) is 0.255. The van der Waals surface area contributed by atoms with E-state index in [2.05, 4.69) is 97.1 Å². The molecule has 0 aliphatic carbocycles. The van der Waals surface area contributed by atoms with Crippen LogP contribution in [0.15, 0.2) is 127 Å². The van der Waals surface area contributed by atoms with Crippen molar-refractivity contribution in [2.24, 2.45) is 0 Å². The van der Waals surface area contributed by atoms with Gasteiger partial charge >= 0.3 is 0 Å². The zero-order chi connectivity index (χ0) is 23.6. The maximum Gasteiger partial charge on any atom is 0.0998 e. The van der Waals surface area contributed by atoms with Crippen LogP contribution in [0.4, 0.5) is 0 Å². The Balaban J connectivity index is 1.69. The molecular formula is C33H21NS. The van der Waals surface area contributed by atoms with Crippen molar-refractivity contribution in [2.75, 3.05) is 0 Å². The summed E-state index contributed by atoms with van der Waals surface area (Å²) in [6.07, 6.45) is 0. The lowest BCUT2D eigenvalue weighted by Crippen LogP contribution is -1.92. The van der Waals surface area contributed by atoms with Crippen LogP contribution in [0.1, 0.15) is 5.56 Å². The average molecular weight is 464 g/mol. The standard InChI is InChI=1S/C33H21NS/c34-22-27-20-26(23-12-4-1-5-13-23)21-30(24-14-6-2-7-15-24)31(27)33-29-19-11-10-18-28(29)32(35-33)25-16-8-3-9-17-25/h1-21H. The molecule has 0 aliphatic rings. The molecular weight excluding hydrogens is 442 g/mol. The molecule has 0 saturated heterocycles. The Morgan fingerprint density at radius 1 is 0.486 bits per heavy atom. The van der Waals surface area contributed by atoms with E-state index in [0.29, 0.717) is 5.56 Å². The van der Waals surface area contributed by atoms with Crippen LogP contribution in [0, 0.1) is 11.3 Å². The van der Waals surface area contributed by atoms with E-state index in [9.17, 15) is 5.26 Å². The van der Waals surface area contributed by atoms with Crippen LogP contribution in [0.25, 0.3) is 53.9 Å². The molecule has 0 radical (unpaired) electrons. The smallest absolute Gasteiger partial charge is 0.0998 e. The summed E-state index contributed by atoms with van der Waals surface area (Å²) in [4.78, 5) is 2.36. The third kappa shape index (κ3) is 3.83. The van der Waals surface area contributed by atoms with Gasteiger partial charge in [-0.1, -0.05) is 115 Å². The Bertz CT molecular complexity index is 1670. The molecule has 6 rings (SSSR count). The summed E-state index contributed by atoms with van der Waals surface area (Å²) in [5, 5.41) is 12.8. The lowest BCUT2D eigenvalue weighted by Gasteiger charge is -2.15. The fraction of sp³-hybridized carbons (Fsp3) is 0. The van der Waals surface area contributed by atoms with Gasteiger partial charge in [0, 0.05) is 26.1 Å². The normalized spacial score (nSPS) is 10.8. The van der Waals surface area contributed by atoms with E-state index in [4.69, 9.17) is 0 Å². The minimum absolute atomic E-state index is 0.692. The average Bonchev–Trinajstić information content (AvgIpc) is 3.33. The van der Waals surface area contributed by atoms with Gasteiger partial charge in [0.05, 0.1) is 11.6 Å². The molecule has 1 heterocycles. The number of hydrogen-bond acceptors (Lipinski definition) is 2. The summed E-state index contributed by atoms with van der Waals surface area (Å²) in [5.74, 6) is 0. The van der Waals surface area contributed by atoms with Crippen molar-refractivity contribution in [1.29, 1.82) is 5.26 Å². The summed E-state index contributed by atoms with van der Waals surface area (Å²) in [6, 6.07) is 46.5. The number of nitriles is 1. The van der Waals surface area contributed by atoms with Gasteiger partial charge in [0.2, 0.25) is 0 Å². The maximum atomic E-state index is 10.4. The molecule has 35 heavy (non-hydrogen) atoms. The molecule has 0 unspecified atom stereocenters. The first-order chi connectivity index (χ1) is 17.3. The van der Waals surface area contributed by atoms with Gasteiger partial charge < -0.3 is 0 Å². The van der Waals surface area contributed by atoms with Gasteiger partial charge in [-0.05, 0) is 39.9 Å². The van der Waals surface area contributed by atoms with Crippen LogP contribution in [0.3, 0.4) is 0 Å². The van der Waals surface area contributed by atoms with Gasteiger partial charge in [-0.15, -0.1) is 11.3 Å². The van der Waals surface area contributed by atoms with E-state index < -0.39 is 0 Å². The molecule has 2 heteroatoms. The maximum absolute atomic E-state index is 10.4. The summed E-state index contributed by atoms with van der Waals surface area (Å²) >= 11 is 1.77. The predicted molar refractivity (Wildman–Crippen MR) is 148 cm³/mol. The van der Waals surface area contributed by atoms with Crippen LogP contribution in [-0.4, -0.2) is 0 Å². The molecule has 1 nitrogen and oxygen atoms in total. The molecule has 0 atom stereocenters. The van der Waals surface area contributed by atoms with Crippen molar-refractivity contribution in [1.82, 2.24) is 0 Å². The van der Waals surface area contributed by atoms with Crippen molar-refractivity contribution >= 4 is 22.1 Å². The van der Waals surface area contributed by atoms with Crippen molar-refractivity contribution in [2.45, 2.75) is 0 Å². The van der Waals surface area contributed by atoms with Crippen molar-refractivity contribution in [3.8, 4) is 49.2 Å². The third-order valence-corrected chi connectivity index (χ3v) is 7.62. The van der Waals surface area contributed by atoms with Gasteiger partial charge in [-0.3, -0.25) is 0 Å². The van der Waals surface area contributed by atoms with Gasteiger partial charge in [0.1, 0.15) is 0 Å². The largest absolute Gasteiger partial charge is 0.192 e. The first-order valence-corrected chi connectivity index (χ1v) is 12.4. The Morgan fingerprint density at radius 2 is 1.00 bits per heavy atom. The van der Waals surface area contributed by atoms with Crippen molar-refractivity contribution in [3.05, 3.63) is 133 Å². The molecule has 0 amide bonds. The zero-order valence-electron chi connectivity index (χ0n) is 19.0. The molecule has 0 bridgehead atoms. The van der Waals surface area contributed by atoms with E-state index in [0.717, 1.165) is 32.7 Å². The van der Waals surface area contributed by atoms with Gasteiger partial charge in [-0.25, -0.2) is 0 Å². The van der Waals surface area contributed by atoms with E-state index >= 15 is 0 Å². The predicted octanol–water partition coefficient (Wildman–Crippen LogP) is 9.44. The molecule has 6 aromatic rings. The first-order valence-electron chi connectivity index (χ1n) is 11.6. The van der Waals surface area contributed by atoms with E-state index in [-0.39, 0.29) is 0 Å². The SMILES string of the molecule is N#Cc1cc(-c2ccccc2)cc(-c2ccccc2)c1-c1sc(-c2ccccc2)c2ccccc12. The number of rotatable bonds is 4. The molecule has 164 valence electrons. The Morgan fingerprint density at radius 3 is 1.60 bits per heavy atom. The minimum atomic E-state index is 0.692. The summed E-state index contributed by atoms with van der Waals surface area (Å²) < 4.78 is 0. The van der Waals surface area contributed by atoms with Crippen molar-refractivity contribution < 1.29 is 0 Å². The van der Waals surface area contributed by atoms with Crippen LogP contribution in [0.2, 0.25) is 0 Å². The highest BCUT2D eigenvalue weighted by Crippen LogP contribution is 2.48. The van der Waals surface area contributed by atoms with E-state index in [1.165, 1.54) is 21.2 Å². The lowest BCUT2D eigenvalue weighted by molar-refractivity contribution is 1.48. The van der Waals surface area contributed by atoms with Gasteiger partial charge in [-0.2, -0.15) is 5.26 Å². The third-order valence-electron chi connectivity index (χ3n) is 6.33. The van der Waals surface area contributed by atoms with Crippen LogP contribution >= 0.6 is 11.3 Å². The number of fused-ring (bicyclic) bond motifs is 1. The molecule has 0 N–H and O–H groups in total. The highest BCUT2D eigenvalue weighted by Gasteiger charge is 2.21. The second-order valence-corrected chi connectivity index (χ2v) is 9.48. The second kappa shape index (κ2) is 9.06. The minimum Gasteiger partial charge on any atom is -0.192 e. The monoisotopic (exact) mass is 463 g/mol. The second-order valence-electron chi connectivity index (χ2n) is 8.46. The zero-order valence-corrected chi connectivity index (χ0v) is 19.8. The number of thiophene rings is 1. The summed E-state index contributed by atoms with van der Waals surface area (Å²) in [5.41, 5.74) is 7.23. The molecule has 5 aromatic carbocycles. The lowest BCUT2D eigenvalue weighted by atomic mass is 9.89.